The zero-order chi connectivity index (χ0) is 17.7. The highest BCUT2D eigenvalue weighted by Crippen LogP contribution is 2.16. The molecule has 6 nitrogen and oxygen atoms in total. The summed E-state index contributed by atoms with van der Waals surface area (Å²) in [5.74, 6) is -1.45. The van der Waals surface area contributed by atoms with Gasteiger partial charge in [-0.2, -0.15) is 5.10 Å². The standard InChI is InChI=1S/C18H23N3O3/c1-4-10-18(3,17(23)24)20-16(22)15-11-19-21(13(15)2)12-14-8-6-5-7-9-14/h5-9,11H,4,10,12H2,1-3H3,(H,20,22)(H,23,24). The van der Waals surface area contributed by atoms with Crippen molar-refractivity contribution in [1.82, 2.24) is 15.1 Å². The summed E-state index contributed by atoms with van der Waals surface area (Å²) in [5.41, 5.74) is 0.909. The highest BCUT2D eigenvalue weighted by atomic mass is 16.4. The van der Waals surface area contributed by atoms with Crippen LogP contribution in [0.1, 0.15) is 48.3 Å². The topological polar surface area (TPSA) is 84.2 Å². The number of hydrogen-bond donors (Lipinski definition) is 2. The van der Waals surface area contributed by atoms with E-state index in [2.05, 4.69) is 10.4 Å². The number of benzene rings is 1. The van der Waals surface area contributed by atoms with Crippen LogP contribution in [-0.4, -0.2) is 32.3 Å². The summed E-state index contributed by atoms with van der Waals surface area (Å²) in [4.78, 5) is 24.0. The number of nitrogens with one attached hydrogen (secondary N) is 1. The van der Waals surface area contributed by atoms with E-state index >= 15 is 0 Å². The highest BCUT2D eigenvalue weighted by Gasteiger charge is 2.34. The molecule has 6 heteroatoms. The minimum Gasteiger partial charge on any atom is -0.480 e. The Hall–Kier alpha value is -2.63. The molecule has 2 N–H and O–H groups in total. The van der Waals surface area contributed by atoms with Crippen molar-refractivity contribution in [3.63, 3.8) is 0 Å². The molecule has 1 atom stereocenters. The molecular formula is C18H23N3O3. The van der Waals surface area contributed by atoms with E-state index in [1.807, 2.05) is 44.2 Å². The fourth-order valence-corrected chi connectivity index (χ4v) is 2.63. The molecule has 0 saturated carbocycles. The molecule has 0 saturated heterocycles. The molecule has 2 aromatic rings. The second kappa shape index (κ2) is 7.29. The molecule has 1 aromatic heterocycles. The Morgan fingerprint density at radius 2 is 1.96 bits per heavy atom. The number of amides is 1. The minimum atomic E-state index is -1.28. The maximum atomic E-state index is 12.5. The summed E-state index contributed by atoms with van der Waals surface area (Å²) in [5, 5.41) is 16.3. The molecule has 1 aromatic carbocycles. The summed E-state index contributed by atoms with van der Waals surface area (Å²) in [6.45, 7) is 5.78. The van der Waals surface area contributed by atoms with Gasteiger partial charge in [0.25, 0.3) is 5.91 Å². The van der Waals surface area contributed by atoms with Crippen LogP contribution >= 0.6 is 0 Å². The number of carboxylic acid groups (broad SMARTS) is 1. The van der Waals surface area contributed by atoms with Crippen LogP contribution in [0.5, 0.6) is 0 Å². The Balaban J connectivity index is 2.18. The van der Waals surface area contributed by atoms with E-state index in [9.17, 15) is 14.7 Å². The number of carbonyl (C=O) groups excluding carboxylic acids is 1. The lowest BCUT2D eigenvalue weighted by Gasteiger charge is -2.25. The second-order valence-corrected chi connectivity index (χ2v) is 6.13. The molecule has 0 aliphatic heterocycles. The monoisotopic (exact) mass is 329 g/mol. The van der Waals surface area contributed by atoms with Gasteiger partial charge in [0.15, 0.2) is 0 Å². The fourth-order valence-electron chi connectivity index (χ4n) is 2.63. The van der Waals surface area contributed by atoms with Crippen molar-refractivity contribution in [2.24, 2.45) is 0 Å². The molecule has 1 unspecified atom stereocenters. The van der Waals surface area contributed by atoms with E-state index in [0.29, 0.717) is 30.6 Å². The van der Waals surface area contributed by atoms with Crippen molar-refractivity contribution < 1.29 is 14.7 Å². The van der Waals surface area contributed by atoms with Gasteiger partial charge in [-0.25, -0.2) is 4.79 Å². The first-order valence-electron chi connectivity index (χ1n) is 7.99. The predicted octanol–water partition coefficient (Wildman–Crippen LogP) is 2.61. The van der Waals surface area contributed by atoms with Gasteiger partial charge in [0.2, 0.25) is 0 Å². The molecule has 0 aliphatic rings. The summed E-state index contributed by atoms with van der Waals surface area (Å²) in [7, 11) is 0. The largest absolute Gasteiger partial charge is 0.480 e. The Kier molecular flexibility index (Phi) is 5.39. The van der Waals surface area contributed by atoms with Crippen molar-refractivity contribution in [3.8, 4) is 0 Å². The lowest BCUT2D eigenvalue weighted by molar-refractivity contribution is -0.144. The van der Waals surface area contributed by atoms with E-state index in [4.69, 9.17) is 0 Å². The van der Waals surface area contributed by atoms with Gasteiger partial charge in [-0.15, -0.1) is 0 Å². The van der Waals surface area contributed by atoms with Crippen LogP contribution in [0.4, 0.5) is 0 Å². The zero-order valence-corrected chi connectivity index (χ0v) is 14.2. The van der Waals surface area contributed by atoms with Crippen LogP contribution in [0, 0.1) is 6.92 Å². The third-order valence-corrected chi connectivity index (χ3v) is 4.13. The molecule has 0 aliphatic carbocycles. The summed E-state index contributed by atoms with van der Waals surface area (Å²) in [6, 6.07) is 9.82. The van der Waals surface area contributed by atoms with Crippen molar-refractivity contribution >= 4 is 11.9 Å². The normalized spacial score (nSPS) is 13.3. The van der Waals surface area contributed by atoms with Gasteiger partial charge in [-0.1, -0.05) is 43.7 Å². The summed E-state index contributed by atoms with van der Waals surface area (Å²) in [6.07, 6.45) is 2.52. The molecule has 2 rings (SSSR count). The first kappa shape index (κ1) is 17.7. The SMILES string of the molecule is CCCC(C)(NC(=O)c1cnn(Cc2ccccc2)c1C)C(=O)O. The average Bonchev–Trinajstić information content (AvgIpc) is 2.89. The Labute approximate surface area is 141 Å². The van der Waals surface area contributed by atoms with Crippen LogP contribution in [0.2, 0.25) is 0 Å². The molecule has 0 spiro atoms. The molecule has 1 heterocycles. The maximum Gasteiger partial charge on any atom is 0.329 e. The Morgan fingerprint density at radius 1 is 1.29 bits per heavy atom. The van der Waals surface area contributed by atoms with Gasteiger partial charge < -0.3 is 10.4 Å². The third-order valence-electron chi connectivity index (χ3n) is 4.13. The van der Waals surface area contributed by atoms with E-state index in [1.165, 1.54) is 13.1 Å². The van der Waals surface area contributed by atoms with Crippen LogP contribution in [-0.2, 0) is 11.3 Å². The average molecular weight is 329 g/mol. The predicted molar refractivity (Wildman–Crippen MR) is 90.9 cm³/mol. The Bertz CT molecular complexity index is 724. The number of carbonyl (C=O) groups is 2. The lowest BCUT2D eigenvalue weighted by atomic mass is 9.96. The quantitative estimate of drug-likeness (QED) is 0.818. The Morgan fingerprint density at radius 3 is 2.54 bits per heavy atom. The van der Waals surface area contributed by atoms with Gasteiger partial charge in [-0.05, 0) is 25.8 Å². The van der Waals surface area contributed by atoms with E-state index in [0.717, 1.165) is 5.56 Å². The van der Waals surface area contributed by atoms with Crippen molar-refractivity contribution in [3.05, 3.63) is 53.3 Å². The number of nitrogens with zero attached hydrogens (tertiary/aromatic N) is 2. The first-order valence-corrected chi connectivity index (χ1v) is 7.99. The van der Waals surface area contributed by atoms with Gasteiger partial charge in [0.05, 0.1) is 18.3 Å². The summed E-state index contributed by atoms with van der Waals surface area (Å²) >= 11 is 0. The zero-order valence-electron chi connectivity index (χ0n) is 14.2. The minimum absolute atomic E-state index is 0.366. The van der Waals surface area contributed by atoms with E-state index < -0.39 is 17.4 Å². The van der Waals surface area contributed by atoms with E-state index in [-0.39, 0.29) is 0 Å². The van der Waals surface area contributed by atoms with Gasteiger partial charge in [0, 0.05) is 5.69 Å². The van der Waals surface area contributed by atoms with Crippen LogP contribution in [0.25, 0.3) is 0 Å². The van der Waals surface area contributed by atoms with Crippen LogP contribution in [0.15, 0.2) is 36.5 Å². The number of hydrogen-bond acceptors (Lipinski definition) is 3. The van der Waals surface area contributed by atoms with Crippen molar-refractivity contribution in [2.75, 3.05) is 0 Å². The molecule has 0 fully saturated rings. The highest BCUT2D eigenvalue weighted by molar-refractivity contribution is 5.98. The number of rotatable bonds is 7. The third kappa shape index (κ3) is 3.82. The van der Waals surface area contributed by atoms with E-state index in [1.54, 1.807) is 4.68 Å². The van der Waals surface area contributed by atoms with Gasteiger partial charge >= 0.3 is 5.97 Å². The van der Waals surface area contributed by atoms with Crippen LogP contribution in [0.3, 0.4) is 0 Å². The van der Waals surface area contributed by atoms with Crippen molar-refractivity contribution in [2.45, 2.75) is 45.7 Å². The van der Waals surface area contributed by atoms with Crippen molar-refractivity contribution in [1.29, 1.82) is 0 Å². The smallest absolute Gasteiger partial charge is 0.329 e. The molecular weight excluding hydrogens is 306 g/mol. The van der Waals surface area contributed by atoms with Gasteiger partial charge in [0.1, 0.15) is 5.54 Å². The fraction of sp³-hybridized carbons (Fsp3) is 0.389. The van der Waals surface area contributed by atoms with Gasteiger partial charge in [-0.3, -0.25) is 9.48 Å². The molecule has 1 amide bonds. The summed E-state index contributed by atoms with van der Waals surface area (Å²) < 4.78 is 1.74. The second-order valence-electron chi connectivity index (χ2n) is 6.13. The number of aromatic nitrogens is 2. The molecule has 0 radical (unpaired) electrons. The molecule has 128 valence electrons. The first-order chi connectivity index (χ1) is 11.4. The number of aliphatic carboxylic acids is 1. The lowest BCUT2D eigenvalue weighted by Crippen LogP contribution is -2.52. The maximum absolute atomic E-state index is 12.5. The molecule has 0 bridgehead atoms. The number of carboxylic acids is 1. The molecule has 24 heavy (non-hydrogen) atoms. The van der Waals surface area contributed by atoms with Crippen LogP contribution < -0.4 is 5.32 Å².